The number of aryl methyl sites for hydroxylation is 1. The summed E-state index contributed by atoms with van der Waals surface area (Å²) in [6.45, 7) is 6.19. The van der Waals surface area contributed by atoms with Crippen molar-refractivity contribution in [1.82, 2.24) is 0 Å². The average Bonchev–Trinajstić information content (AvgIpc) is 2.50. The number of carbonyl (C=O) groups is 2. The van der Waals surface area contributed by atoms with Crippen molar-refractivity contribution >= 4 is 18.9 Å². The first-order chi connectivity index (χ1) is 9.31. The molecule has 0 spiro atoms. The number of anilines is 1. The third-order valence-corrected chi connectivity index (χ3v) is 2.49. The van der Waals surface area contributed by atoms with Crippen LogP contribution in [0.2, 0.25) is 0 Å². The second-order valence-electron chi connectivity index (χ2n) is 3.71. The van der Waals surface area contributed by atoms with E-state index < -0.39 is 0 Å². The molecule has 0 radical (unpaired) electrons. The summed E-state index contributed by atoms with van der Waals surface area (Å²) in [6, 6.07) is 8.01. The van der Waals surface area contributed by atoms with E-state index in [1.165, 1.54) is 5.56 Å². The van der Waals surface area contributed by atoms with Crippen LogP contribution >= 0.6 is 0 Å². The van der Waals surface area contributed by atoms with Crippen molar-refractivity contribution in [3.8, 4) is 0 Å². The van der Waals surface area contributed by atoms with E-state index in [9.17, 15) is 4.79 Å². The number of amides is 1. The van der Waals surface area contributed by atoms with E-state index in [4.69, 9.17) is 4.79 Å². The molecule has 1 aromatic carbocycles. The van der Waals surface area contributed by atoms with Gasteiger partial charge in [0, 0.05) is 11.9 Å². The van der Waals surface area contributed by atoms with Crippen LogP contribution in [0.15, 0.2) is 48.7 Å². The molecule has 0 atom stereocenters. The lowest BCUT2D eigenvalue weighted by Gasteiger charge is -2.12. The van der Waals surface area contributed by atoms with Crippen molar-refractivity contribution < 1.29 is 9.59 Å². The van der Waals surface area contributed by atoms with E-state index in [0.29, 0.717) is 0 Å². The molecule has 0 heterocycles. The van der Waals surface area contributed by atoms with Gasteiger partial charge in [-0.25, -0.2) is 0 Å². The number of rotatable bonds is 6. The Hall–Kier alpha value is -2.16. The fraction of sp³-hybridized carbons (Fsp3) is 0.250. The van der Waals surface area contributed by atoms with Crippen molar-refractivity contribution in [3.05, 3.63) is 54.3 Å². The molecule has 0 aliphatic heterocycles. The Morgan fingerprint density at radius 3 is 2.21 bits per heavy atom. The molecule has 0 aliphatic carbocycles. The fourth-order valence-corrected chi connectivity index (χ4v) is 1.44. The molecule has 0 bridgehead atoms. The minimum Gasteiger partial charge on any atom is -0.307 e. The predicted molar refractivity (Wildman–Crippen MR) is 80.1 cm³/mol. The molecule has 1 amide bonds. The van der Waals surface area contributed by atoms with Gasteiger partial charge in [0.2, 0.25) is 6.41 Å². The summed E-state index contributed by atoms with van der Waals surface area (Å²) in [5, 5.41) is 0. The van der Waals surface area contributed by atoms with Crippen molar-refractivity contribution in [2.45, 2.75) is 26.7 Å². The van der Waals surface area contributed by atoms with Gasteiger partial charge in [0.25, 0.3) is 0 Å². The Kier molecular flexibility index (Phi) is 9.71. The number of hydrogen-bond acceptors (Lipinski definition) is 2. The van der Waals surface area contributed by atoms with Crippen LogP contribution < -0.4 is 4.90 Å². The van der Waals surface area contributed by atoms with Gasteiger partial charge in [-0.1, -0.05) is 38.1 Å². The molecule has 0 unspecified atom stereocenters. The van der Waals surface area contributed by atoms with Crippen LogP contribution in [0, 0.1) is 0 Å². The average molecular weight is 259 g/mol. The zero-order chi connectivity index (χ0) is 14.5. The Morgan fingerprint density at radius 1 is 1.11 bits per heavy atom. The zero-order valence-corrected chi connectivity index (χ0v) is 11.6. The highest BCUT2D eigenvalue weighted by Gasteiger charge is 1.99. The summed E-state index contributed by atoms with van der Waals surface area (Å²) >= 11 is 0. The lowest BCUT2D eigenvalue weighted by molar-refractivity contribution is -0.107. The molecule has 0 N–H and O–H groups in total. The molecule has 19 heavy (non-hydrogen) atoms. The summed E-state index contributed by atoms with van der Waals surface area (Å²) < 4.78 is 0. The quantitative estimate of drug-likeness (QED) is 0.579. The summed E-state index contributed by atoms with van der Waals surface area (Å²) in [6.07, 6.45) is 10.4. The highest BCUT2D eigenvalue weighted by molar-refractivity contribution is 5.77. The maximum absolute atomic E-state index is 11.0. The van der Waals surface area contributed by atoms with Crippen LogP contribution in [0.4, 0.5) is 5.69 Å². The molecule has 0 aliphatic rings. The standard InChI is InChI=1S/C15H19NO.CH2O/c1-3-5-6-7-12-16(13-17)15-10-8-14(4-2)9-11-15;1-2/h5-13H,3-4H2,1-2H3;1H2/b6-5-,12-7-;. The van der Waals surface area contributed by atoms with Crippen molar-refractivity contribution in [1.29, 1.82) is 0 Å². The highest BCUT2D eigenvalue weighted by atomic mass is 16.1. The second kappa shape index (κ2) is 11.0. The number of allylic oxidation sites excluding steroid dienone is 3. The van der Waals surface area contributed by atoms with Gasteiger partial charge in [-0.05, 0) is 36.6 Å². The van der Waals surface area contributed by atoms with Crippen LogP contribution in [-0.4, -0.2) is 13.2 Å². The molecule has 1 rings (SSSR count). The molecule has 102 valence electrons. The Labute approximate surface area is 115 Å². The third-order valence-electron chi connectivity index (χ3n) is 2.49. The Bertz CT molecular complexity index is 407. The van der Waals surface area contributed by atoms with Gasteiger partial charge in [0.15, 0.2) is 0 Å². The number of hydrogen-bond donors (Lipinski definition) is 0. The Morgan fingerprint density at radius 2 is 1.74 bits per heavy atom. The van der Waals surface area contributed by atoms with E-state index in [0.717, 1.165) is 24.9 Å². The van der Waals surface area contributed by atoms with E-state index >= 15 is 0 Å². The predicted octanol–water partition coefficient (Wildman–Crippen LogP) is 3.51. The minimum atomic E-state index is 0.817. The summed E-state index contributed by atoms with van der Waals surface area (Å²) in [4.78, 5) is 20.5. The normalized spacial score (nSPS) is 10.2. The fourth-order valence-electron chi connectivity index (χ4n) is 1.44. The number of nitrogens with zero attached hydrogens (tertiary/aromatic N) is 1. The van der Waals surface area contributed by atoms with Gasteiger partial charge in [0.05, 0.1) is 0 Å². The maximum atomic E-state index is 11.0. The largest absolute Gasteiger partial charge is 0.307 e. The monoisotopic (exact) mass is 259 g/mol. The van der Waals surface area contributed by atoms with E-state index in [-0.39, 0.29) is 0 Å². The van der Waals surface area contributed by atoms with Gasteiger partial charge in [-0.15, -0.1) is 0 Å². The van der Waals surface area contributed by atoms with Crippen LogP contribution in [0.5, 0.6) is 0 Å². The topological polar surface area (TPSA) is 37.4 Å². The van der Waals surface area contributed by atoms with Crippen LogP contribution in [0.1, 0.15) is 25.8 Å². The van der Waals surface area contributed by atoms with E-state index in [1.54, 1.807) is 11.1 Å². The van der Waals surface area contributed by atoms with Gasteiger partial charge in [0.1, 0.15) is 6.79 Å². The number of benzene rings is 1. The summed E-state index contributed by atoms with van der Waals surface area (Å²) in [7, 11) is 0. The smallest absolute Gasteiger partial charge is 0.218 e. The molecule has 0 fully saturated rings. The molecular weight excluding hydrogens is 238 g/mol. The molecule has 3 nitrogen and oxygen atoms in total. The second-order valence-corrected chi connectivity index (χ2v) is 3.71. The highest BCUT2D eigenvalue weighted by Crippen LogP contribution is 2.14. The SMILES string of the molecule is C=O.CC/C=C\C=C/N(C=O)c1ccc(CC)cc1. The van der Waals surface area contributed by atoms with Crippen LogP contribution in [0.25, 0.3) is 0 Å². The van der Waals surface area contributed by atoms with Crippen LogP contribution in [-0.2, 0) is 16.0 Å². The van der Waals surface area contributed by atoms with E-state index in [1.807, 2.05) is 49.3 Å². The molecule has 3 heteroatoms. The van der Waals surface area contributed by atoms with Crippen LogP contribution in [0.3, 0.4) is 0 Å². The van der Waals surface area contributed by atoms with Gasteiger partial charge in [-0.3, -0.25) is 9.69 Å². The molecular formula is C16H21NO2. The van der Waals surface area contributed by atoms with Crippen molar-refractivity contribution in [2.75, 3.05) is 4.90 Å². The first-order valence-corrected chi connectivity index (χ1v) is 6.26. The Balaban J connectivity index is 0.00000154. The van der Waals surface area contributed by atoms with Gasteiger partial charge < -0.3 is 4.79 Å². The zero-order valence-electron chi connectivity index (χ0n) is 11.6. The molecule has 0 aromatic heterocycles. The lowest BCUT2D eigenvalue weighted by atomic mass is 10.1. The van der Waals surface area contributed by atoms with Gasteiger partial charge >= 0.3 is 0 Å². The molecule has 0 saturated carbocycles. The summed E-state index contributed by atoms with van der Waals surface area (Å²) in [5.41, 5.74) is 2.16. The van der Waals surface area contributed by atoms with Crippen molar-refractivity contribution in [3.63, 3.8) is 0 Å². The minimum absolute atomic E-state index is 0.817. The first-order valence-electron chi connectivity index (χ1n) is 6.26. The van der Waals surface area contributed by atoms with Gasteiger partial charge in [-0.2, -0.15) is 0 Å². The molecule has 0 saturated heterocycles. The lowest BCUT2D eigenvalue weighted by Crippen LogP contribution is -2.12. The molecule has 1 aromatic rings. The number of carbonyl (C=O) groups excluding carboxylic acids is 2. The van der Waals surface area contributed by atoms with E-state index in [2.05, 4.69) is 13.8 Å². The van der Waals surface area contributed by atoms with Crippen molar-refractivity contribution in [2.24, 2.45) is 0 Å². The third kappa shape index (κ3) is 6.36. The summed E-state index contributed by atoms with van der Waals surface area (Å²) in [5.74, 6) is 0. The maximum Gasteiger partial charge on any atom is 0.218 e. The first kappa shape index (κ1) is 16.8.